The molecule has 2 N–H and O–H groups in total. The Kier molecular flexibility index (Phi) is 3.41. The molecule has 2 aliphatic heterocycles. The van der Waals surface area contributed by atoms with E-state index in [0.717, 1.165) is 22.4 Å². The molecular weight excluding hydrogens is 312 g/mol. The molecule has 2 aliphatic rings. The van der Waals surface area contributed by atoms with Crippen molar-refractivity contribution in [3.63, 3.8) is 0 Å². The van der Waals surface area contributed by atoms with Crippen molar-refractivity contribution in [2.75, 3.05) is 12.0 Å². The fourth-order valence-corrected chi connectivity index (χ4v) is 2.96. The van der Waals surface area contributed by atoms with E-state index in [2.05, 4.69) is 16.8 Å². The number of carbonyl (C=O) groups is 1. The molecule has 5 nitrogen and oxygen atoms in total. The van der Waals surface area contributed by atoms with Crippen molar-refractivity contribution in [3.05, 3.63) is 64.2 Å². The quantitative estimate of drug-likeness (QED) is 0.833. The van der Waals surface area contributed by atoms with Crippen LogP contribution in [0.25, 0.3) is 0 Å². The Morgan fingerprint density at radius 2 is 2.04 bits per heavy atom. The van der Waals surface area contributed by atoms with Crippen LogP contribution in [0.1, 0.15) is 16.7 Å². The van der Waals surface area contributed by atoms with E-state index in [9.17, 15) is 4.79 Å². The number of hydrogen-bond acceptors (Lipinski definition) is 4. The smallest absolute Gasteiger partial charge is 0.265 e. The molecule has 2 aromatic rings. The molecular formula is C17H15ClN4O. The minimum Gasteiger partial charge on any atom is -0.321 e. The number of fused-ring (bicyclic) bond motifs is 1. The lowest BCUT2D eigenvalue weighted by Crippen LogP contribution is -2.33. The Bertz CT molecular complexity index is 829. The summed E-state index contributed by atoms with van der Waals surface area (Å²) in [6, 6.07) is 13.7. The molecule has 2 heterocycles. The fourth-order valence-electron chi connectivity index (χ4n) is 2.73. The van der Waals surface area contributed by atoms with Crippen molar-refractivity contribution < 1.29 is 4.79 Å². The first kappa shape index (κ1) is 14.4. The van der Waals surface area contributed by atoms with E-state index in [1.165, 1.54) is 0 Å². The molecule has 116 valence electrons. The molecule has 1 fully saturated rings. The number of para-hydroxylation sites is 1. The molecule has 0 aromatic heterocycles. The van der Waals surface area contributed by atoms with Crippen LogP contribution in [0, 0.1) is 6.92 Å². The summed E-state index contributed by atoms with van der Waals surface area (Å²) < 4.78 is 0. The largest absolute Gasteiger partial charge is 0.321 e. The standard InChI is InChI=1S/C17H15ClN4O/c1-10-4-2-5-11(8-10)14-12-6-3-7-13(18)15(12)21-17(23)16(20-14)22-9-19-22/h2-8,16,19H,9H2,1H3,(H,21,23). The molecule has 0 aliphatic carbocycles. The zero-order valence-electron chi connectivity index (χ0n) is 12.5. The average Bonchev–Trinajstić information content (AvgIpc) is 3.35. The maximum absolute atomic E-state index is 12.5. The van der Waals surface area contributed by atoms with E-state index in [4.69, 9.17) is 16.6 Å². The topological polar surface area (TPSA) is 66.4 Å². The number of anilines is 1. The van der Waals surface area contributed by atoms with Crippen LogP contribution in [0.3, 0.4) is 0 Å². The lowest BCUT2D eigenvalue weighted by Gasteiger charge is -2.11. The predicted molar refractivity (Wildman–Crippen MR) is 90.5 cm³/mol. The Hall–Kier alpha value is -2.21. The fraction of sp³-hybridized carbons (Fsp3) is 0.176. The van der Waals surface area contributed by atoms with Crippen molar-refractivity contribution in [2.45, 2.75) is 13.1 Å². The van der Waals surface area contributed by atoms with Crippen LogP contribution < -0.4 is 10.7 Å². The number of carbonyl (C=O) groups excluding carboxylic acids is 1. The Balaban J connectivity index is 1.93. The third-order valence-corrected chi connectivity index (χ3v) is 4.25. The molecule has 0 saturated carbocycles. The summed E-state index contributed by atoms with van der Waals surface area (Å²) in [7, 11) is 0. The molecule has 1 amide bonds. The van der Waals surface area contributed by atoms with Crippen molar-refractivity contribution >= 4 is 28.9 Å². The zero-order chi connectivity index (χ0) is 16.0. The number of amides is 1. The minimum absolute atomic E-state index is 0.188. The van der Waals surface area contributed by atoms with Gasteiger partial charge >= 0.3 is 0 Å². The second-order valence-corrected chi connectivity index (χ2v) is 6.07. The third kappa shape index (κ3) is 2.63. The maximum atomic E-state index is 12.5. The molecule has 6 heteroatoms. The average molecular weight is 327 g/mol. The summed E-state index contributed by atoms with van der Waals surface area (Å²) in [6.45, 7) is 2.68. The van der Waals surface area contributed by atoms with Gasteiger partial charge in [0.15, 0.2) is 6.17 Å². The van der Waals surface area contributed by atoms with Gasteiger partial charge in [0, 0.05) is 11.1 Å². The number of rotatable bonds is 2. The predicted octanol–water partition coefficient (Wildman–Crippen LogP) is 2.54. The van der Waals surface area contributed by atoms with Crippen molar-refractivity contribution in [1.29, 1.82) is 0 Å². The highest BCUT2D eigenvalue weighted by Crippen LogP contribution is 2.31. The van der Waals surface area contributed by atoms with Crippen LogP contribution in [-0.4, -0.2) is 29.5 Å². The van der Waals surface area contributed by atoms with Gasteiger partial charge in [0.05, 0.1) is 23.1 Å². The highest BCUT2D eigenvalue weighted by molar-refractivity contribution is 6.36. The van der Waals surface area contributed by atoms with E-state index < -0.39 is 6.17 Å². The highest BCUT2D eigenvalue weighted by atomic mass is 35.5. The first-order valence-electron chi connectivity index (χ1n) is 7.38. The van der Waals surface area contributed by atoms with Crippen LogP contribution in [0.5, 0.6) is 0 Å². The number of aliphatic imine (C=N–C) groups is 1. The first-order chi connectivity index (χ1) is 11.1. The third-order valence-electron chi connectivity index (χ3n) is 3.93. The lowest BCUT2D eigenvalue weighted by atomic mass is 9.99. The molecule has 2 aromatic carbocycles. The van der Waals surface area contributed by atoms with Crippen molar-refractivity contribution in [2.24, 2.45) is 4.99 Å². The number of benzodiazepines with no additional fused rings is 1. The van der Waals surface area contributed by atoms with E-state index in [1.807, 2.05) is 37.3 Å². The number of hydrogen-bond donors (Lipinski definition) is 2. The summed E-state index contributed by atoms with van der Waals surface area (Å²) in [6.07, 6.45) is -0.603. The van der Waals surface area contributed by atoms with E-state index >= 15 is 0 Å². The molecule has 0 bridgehead atoms. The van der Waals surface area contributed by atoms with Crippen LogP contribution in [-0.2, 0) is 4.79 Å². The van der Waals surface area contributed by atoms with Gasteiger partial charge in [-0.05, 0) is 19.1 Å². The van der Waals surface area contributed by atoms with Gasteiger partial charge < -0.3 is 5.32 Å². The lowest BCUT2D eigenvalue weighted by molar-refractivity contribution is -0.119. The number of nitrogens with zero attached hydrogens (tertiary/aromatic N) is 2. The van der Waals surface area contributed by atoms with Gasteiger partial charge in [-0.1, -0.05) is 47.5 Å². The summed E-state index contributed by atoms with van der Waals surface area (Å²) in [4.78, 5) is 17.2. The van der Waals surface area contributed by atoms with E-state index in [1.54, 1.807) is 11.1 Å². The molecule has 23 heavy (non-hydrogen) atoms. The molecule has 2 atom stereocenters. The minimum atomic E-state index is -0.603. The van der Waals surface area contributed by atoms with E-state index in [-0.39, 0.29) is 5.91 Å². The Labute approximate surface area is 138 Å². The van der Waals surface area contributed by atoms with Crippen LogP contribution in [0.15, 0.2) is 47.5 Å². The number of hydrazine groups is 1. The number of halogens is 1. The van der Waals surface area contributed by atoms with Gasteiger partial charge in [-0.15, -0.1) is 0 Å². The van der Waals surface area contributed by atoms with E-state index in [0.29, 0.717) is 17.4 Å². The van der Waals surface area contributed by atoms with Gasteiger partial charge in [0.1, 0.15) is 0 Å². The molecule has 0 spiro atoms. The van der Waals surface area contributed by atoms with Gasteiger partial charge in [0.25, 0.3) is 5.91 Å². The summed E-state index contributed by atoms with van der Waals surface area (Å²) >= 11 is 6.31. The van der Waals surface area contributed by atoms with Crippen molar-refractivity contribution in [3.8, 4) is 0 Å². The SMILES string of the molecule is Cc1cccc(C2=NC(N3CN3)C(=O)Nc3c(Cl)cccc32)c1. The molecule has 2 unspecified atom stereocenters. The van der Waals surface area contributed by atoms with Gasteiger partial charge in [-0.25, -0.2) is 5.43 Å². The number of aryl methyl sites for hydroxylation is 1. The summed E-state index contributed by atoms with van der Waals surface area (Å²) in [5.41, 5.74) is 7.34. The summed E-state index contributed by atoms with van der Waals surface area (Å²) in [5, 5.41) is 5.20. The monoisotopic (exact) mass is 326 g/mol. The maximum Gasteiger partial charge on any atom is 0.265 e. The Morgan fingerprint density at radius 1 is 1.26 bits per heavy atom. The second-order valence-electron chi connectivity index (χ2n) is 5.66. The van der Waals surface area contributed by atoms with Crippen LogP contribution in [0.2, 0.25) is 5.02 Å². The first-order valence-corrected chi connectivity index (χ1v) is 7.76. The highest BCUT2D eigenvalue weighted by Gasteiger charge is 2.36. The van der Waals surface area contributed by atoms with Gasteiger partial charge in [0.2, 0.25) is 0 Å². The normalized spacial score (nSPS) is 22.7. The molecule has 0 radical (unpaired) electrons. The molecule has 1 saturated heterocycles. The van der Waals surface area contributed by atoms with Gasteiger partial charge in [-0.3, -0.25) is 9.79 Å². The summed E-state index contributed by atoms with van der Waals surface area (Å²) in [5.74, 6) is -0.188. The molecule has 4 rings (SSSR count). The second kappa shape index (κ2) is 5.45. The number of benzene rings is 2. The van der Waals surface area contributed by atoms with Crippen LogP contribution >= 0.6 is 11.6 Å². The Morgan fingerprint density at radius 3 is 2.78 bits per heavy atom. The van der Waals surface area contributed by atoms with Crippen molar-refractivity contribution in [1.82, 2.24) is 10.4 Å². The van der Waals surface area contributed by atoms with Crippen LogP contribution in [0.4, 0.5) is 5.69 Å². The zero-order valence-corrected chi connectivity index (χ0v) is 13.3. The van der Waals surface area contributed by atoms with Gasteiger partial charge in [-0.2, -0.15) is 5.01 Å². The number of nitrogens with one attached hydrogen (secondary N) is 2.